The van der Waals surface area contributed by atoms with Crippen molar-refractivity contribution >= 4 is 11.8 Å². The van der Waals surface area contributed by atoms with Gasteiger partial charge in [-0.25, -0.2) is 4.68 Å². The number of benzene rings is 2. The summed E-state index contributed by atoms with van der Waals surface area (Å²) in [7, 11) is 0. The highest BCUT2D eigenvalue weighted by molar-refractivity contribution is 7.98. The van der Waals surface area contributed by atoms with Crippen LogP contribution in [0.3, 0.4) is 0 Å². The molecule has 1 unspecified atom stereocenters. The summed E-state index contributed by atoms with van der Waals surface area (Å²) in [6.07, 6.45) is 2.08. The molecule has 0 amide bonds. The fraction of sp³-hybridized carbons (Fsp3) is 0.381. The highest BCUT2D eigenvalue weighted by Crippen LogP contribution is 2.26. The maximum absolute atomic E-state index is 5.79. The molecular formula is C21H28N6S. The summed E-state index contributed by atoms with van der Waals surface area (Å²) >= 11 is 1.73. The van der Waals surface area contributed by atoms with Crippen LogP contribution in [0.2, 0.25) is 0 Å². The van der Waals surface area contributed by atoms with Crippen LogP contribution < -0.4 is 11.1 Å². The summed E-state index contributed by atoms with van der Waals surface area (Å²) in [6.45, 7) is 7.54. The number of hydrogen-bond acceptors (Lipinski definition) is 6. The molecule has 0 aliphatic heterocycles. The van der Waals surface area contributed by atoms with E-state index in [0.29, 0.717) is 13.1 Å². The van der Waals surface area contributed by atoms with E-state index in [9.17, 15) is 0 Å². The van der Waals surface area contributed by atoms with Gasteiger partial charge in [-0.15, -0.1) is 16.9 Å². The minimum absolute atomic E-state index is 0.119. The molecular weight excluding hydrogens is 368 g/mol. The van der Waals surface area contributed by atoms with Gasteiger partial charge < -0.3 is 5.73 Å². The van der Waals surface area contributed by atoms with Gasteiger partial charge >= 0.3 is 0 Å². The van der Waals surface area contributed by atoms with Crippen LogP contribution in [-0.2, 0) is 18.6 Å². The van der Waals surface area contributed by atoms with E-state index in [0.717, 1.165) is 17.0 Å². The van der Waals surface area contributed by atoms with Crippen molar-refractivity contribution in [3.05, 3.63) is 71.0 Å². The van der Waals surface area contributed by atoms with E-state index >= 15 is 0 Å². The minimum Gasteiger partial charge on any atom is -0.326 e. The zero-order chi connectivity index (χ0) is 20.1. The third kappa shape index (κ3) is 4.79. The SMILES string of the molecule is CSc1ccc(C(NCc2cccc(CN)c2)c2nnnn2C(C)(C)C)cc1. The van der Waals surface area contributed by atoms with E-state index in [-0.39, 0.29) is 11.6 Å². The Balaban J connectivity index is 1.93. The van der Waals surface area contributed by atoms with Crippen molar-refractivity contribution in [3.8, 4) is 0 Å². The Bertz CT molecular complexity index is 898. The van der Waals surface area contributed by atoms with Crippen molar-refractivity contribution in [1.29, 1.82) is 0 Å². The van der Waals surface area contributed by atoms with Gasteiger partial charge in [0.05, 0.1) is 11.6 Å². The first kappa shape index (κ1) is 20.5. The smallest absolute Gasteiger partial charge is 0.173 e. The predicted octanol–water partition coefficient (Wildman–Crippen LogP) is 3.49. The Hall–Kier alpha value is -2.22. The third-order valence-corrected chi connectivity index (χ3v) is 5.32. The maximum atomic E-state index is 5.79. The van der Waals surface area contributed by atoms with Crippen LogP contribution in [0.25, 0.3) is 0 Å². The van der Waals surface area contributed by atoms with Gasteiger partial charge in [-0.05, 0) is 66.3 Å². The lowest BCUT2D eigenvalue weighted by Gasteiger charge is -2.25. The van der Waals surface area contributed by atoms with Crippen LogP contribution in [-0.4, -0.2) is 26.5 Å². The molecule has 3 aromatic rings. The monoisotopic (exact) mass is 396 g/mol. The van der Waals surface area contributed by atoms with Crippen molar-refractivity contribution in [1.82, 2.24) is 25.5 Å². The molecule has 0 spiro atoms. The van der Waals surface area contributed by atoms with Gasteiger partial charge in [-0.3, -0.25) is 5.32 Å². The number of thioether (sulfide) groups is 1. The zero-order valence-corrected chi connectivity index (χ0v) is 17.7. The molecule has 0 bridgehead atoms. The first-order chi connectivity index (χ1) is 13.4. The largest absolute Gasteiger partial charge is 0.326 e. The summed E-state index contributed by atoms with van der Waals surface area (Å²) in [4.78, 5) is 1.23. The summed E-state index contributed by atoms with van der Waals surface area (Å²) < 4.78 is 1.89. The first-order valence-electron chi connectivity index (χ1n) is 9.36. The van der Waals surface area contributed by atoms with Crippen molar-refractivity contribution in [2.24, 2.45) is 5.73 Å². The van der Waals surface area contributed by atoms with E-state index in [1.54, 1.807) is 11.8 Å². The van der Waals surface area contributed by atoms with Crippen LogP contribution in [0.1, 0.15) is 49.3 Å². The number of nitrogens with one attached hydrogen (secondary N) is 1. The Morgan fingerprint density at radius 1 is 1.11 bits per heavy atom. The van der Waals surface area contributed by atoms with Gasteiger partial charge in [0.15, 0.2) is 5.82 Å². The average Bonchev–Trinajstić information content (AvgIpc) is 3.19. The fourth-order valence-electron chi connectivity index (χ4n) is 3.09. The topological polar surface area (TPSA) is 81.7 Å². The summed E-state index contributed by atoms with van der Waals surface area (Å²) in [5, 5.41) is 16.2. The van der Waals surface area contributed by atoms with Crippen LogP contribution >= 0.6 is 11.8 Å². The molecule has 3 rings (SSSR count). The van der Waals surface area contributed by atoms with Gasteiger partial charge in [0, 0.05) is 18.0 Å². The molecule has 7 heteroatoms. The first-order valence-corrected chi connectivity index (χ1v) is 10.6. The molecule has 1 atom stereocenters. The van der Waals surface area contributed by atoms with Gasteiger partial charge in [0.25, 0.3) is 0 Å². The molecule has 0 saturated carbocycles. The standard InChI is InChI=1S/C21H28N6S/c1-21(2,3)27-20(24-25-26-27)19(17-8-10-18(28-4)11-9-17)23-14-16-7-5-6-15(12-16)13-22/h5-12,19,23H,13-14,22H2,1-4H3. The normalized spacial score (nSPS) is 12.9. The van der Waals surface area contributed by atoms with E-state index in [2.05, 4.69) is 84.3 Å². The fourth-order valence-corrected chi connectivity index (χ4v) is 3.50. The van der Waals surface area contributed by atoms with Crippen LogP contribution in [0.4, 0.5) is 0 Å². The van der Waals surface area contributed by atoms with Gasteiger partial charge in [0.2, 0.25) is 0 Å². The second-order valence-electron chi connectivity index (χ2n) is 7.73. The lowest BCUT2D eigenvalue weighted by molar-refractivity contribution is 0.325. The minimum atomic E-state index is -0.211. The van der Waals surface area contributed by atoms with Gasteiger partial charge in [-0.1, -0.05) is 36.4 Å². The molecule has 148 valence electrons. The van der Waals surface area contributed by atoms with Crippen molar-refractivity contribution in [2.45, 2.75) is 50.3 Å². The van der Waals surface area contributed by atoms with Crippen molar-refractivity contribution in [2.75, 3.05) is 6.26 Å². The number of tetrazole rings is 1. The van der Waals surface area contributed by atoms with Crippen LogP contribution in [0, 0.1) is 0 Å². The second kappa shape index (κ2) is 8.86. The number of hydrogen-bond donors (Lipinski definition) is 2. The lowest BCUT2D eigenvalue weighted by Crippen LogP contribution is -2.32. The molecule has 0 fully saturated rings. The molecule has 0 aliphatic carbocycles. The molecule has 3 N–H and O–H groups in total. The van der Waals surface area contributed by atoms with Crippen LogP contribution in [0.15, 0.2) is 53.4 Å². The summed E-state index contributed by atoms with van der Waals surface area (Å²) in [5.41, 5.74) is 9.02. The Morgan fingerprint density at radius 3 is 2.46 bits per heavy atom. The van der Waals surface area contributed by atoms with E-state index < -0.39 is 0 Å². The second-order valence-corrected chi connectivity index (χ2v) is 8.61. The molecule has 0 saturated heterocycles. The van der Waals surface area contributed by atoms with Crippen LogP contribution in [0.5, 0.6) is 0 Å². The van der Waals surface area contributed by atoms with Gasteiger partial charge in [-0.2, -0.15) is 0 Å². The third-order valence-electron chi connectivity index (χ3n) is 4.57. The number of aromatic nitrogens is 4. The lowest BCUT2D eigenvalue weighted by atomic mass is 10.0. The molecule has 0 radical (unpaired) electrons. The maximum Gasteiger partial charge on any atom is 0.173 e. The van der Waals surface area contributed by atoms with Crippen molar-refractivity contribution in [3.63, 3.8) is 0 Å². The molecule has 0 aliphatic rings. The Morgan fingerprint density at radius 2 is 1.82 bits per heavy atom. The van der Waals surface area contributed by atoms with E-state index in [4.69, 9.17) is 5.73 Å². The highest BCUT2D eigenvalue weighted by Gasteiger charge is 2.26. The summed E-state index contributed by atoms with van der Waals surface area (Å²) in [6, 6.07) is 16.8. The molecule has 2 aromatic carbocycles. The molecule has 1 heterocycles. The van der Waals surface area contributed by atoms with Crippen molar-refractivity contribution < 1.29 is 0 Å². The number of rotatable bonds is 7. The Labute approximate surface area is 170 Å². The van der Waals surface area contributed by atoms with E-state index in [1.807, 2.05) is 16.8 Å². The van der Waals surface area contributed by atoms with E-state index in [1.165, 1.54) is 10.5 Å². The highest BCUT2D eigenvalue weighted by atomic mass is 32.2. The summed E-state index contributed by atoms with van der Waals surface area (Å²) in [5.74, 6) is 0.805. The number of nitrogens with two attached hydrogens (primary N) is 1. The Kier molecular flexibility index (Phi) is 6.49. The quantitative estimate of drug-likeness (QED) is 0.595. The average molecular weight is 397 g/mol. The predicted molar refractivity (Wildman–Crippen MR) is 114 cm³/mol. The molecule has 6 nitrogen and oxygen atoms in total. The zero-order valence-electron chi connectivity index (χ0n) is 16.9. The molecule has 1 aromatic heterocycles. The molecule has 28 heavy (non-hydrogen) atoms. The number of nitrogens with zero attached hydrogens (tertiary/aromatic N) is 4. The van der Waals surface area contributed by atoms with Gasteiger partial charge in [0.1, 0.15) is 0 Å².